The Kier molecular flexibility index (Phi) is 4.22. The summed E-state index contributed by atoms with van der Waals surface area (Å²) in [6.45, 7) is 1.52. The van der Waals surface area contributed by atoms with Gasteiger partial charge in [-0.05, 0) is 18.6 Å². The maximum atomic E-state index is 14.2. The molecule has 0 fully saturated rings. The van der Waals surface area contributed by atoms with Gasteiger partial charge in [-0.1, -0.05) is 6.92 Å². The summed E-state index contributed by atoms with van der Waals surface area (Å²) in [6.07, 6.45) is 0.0259. The number of hydrogen-bond acceptors (Lipinski definition) is 3. The predicted octanol–water partition coefficient (Wildman–Crippen LogP) is 4.05. The number of nitrogens with zero attached hydrogens (tertiary/aromatic N) is 1. The van der Waals surface area contributed by atoms with E-state index in [1.807, 2.05) is 0 Å². The average molecular weight is 310 g/mol. The fraction of sp³-hybridized carbons (Fsp3) is 0.133. The normalized spacial score (nSPS) is 10.4. The molecule has 2 aromatic carbocycles. The number of rotatable bonds is 3. The van der Waals surface area contributed by atoms with E-state index in [2.05, 4.69) is 0 Å². The molecule has 0 aliphatic carbocycles. The minimum atomic E-state index is -1.59. The third-order valence-corrected chi connectivity index (χ3v) is 3.05. The molecule has 114 valence electrons. The van der Waals surface area contributed by atoms with Crippen LogP contribution >= 0.6 is 0 Å². The van der Waals surface area contributed by atoms with Gasteiger partial charge in [0, 0.05) is 11.6 Å². The Hall–Kier alpha value is -2.75. The summed E-state index contributed by atoms with van der Waals surface area (Å²) in [6, 6.07) is 4.47. The highest BCUT2D eigenvalue weighted by Crippen LogP contribution is 2.35. The Morgan fingerprint density at radius 2 is 1.82 bits per heavy atom. The Balaban J connectivity index is 2.55. The van der Waals surface area contributed by atoms with E-state index < -0.39 is 34.7 Å². The van der Waals surface area contributed by atoms with Crippen LogP contribution in [0.25, 0.3) is 0 Å². The molecule has 0 amide bonds. The van der Waals surface area contributed by atoms with Gasteiger partial charge in [0.25, 0.3) is 0 Å². The van der Waals surface area contributed by atoms with Gasteiger partial charge in [0.1, 0.15) is 17.6 Å². The van der Waals surface area contributed by atoms with Crippen molar-refractivity contribution in [1.29, 1.82) is 5.26 Å². The third kappa shape index (κ3) is 2.55. The van der Waals surface area contributed by atoms with Crippen molar-refractivity contribution in [3.8, 4) is 17.6 Å². The van der Waals surface area contributed by atoms with Gasteiger partial charge in [-0.2, -0.15) is 9.65 Å². The molecule has 0 saturated carbocycles. The number of hydrogen-bond donors (Lipinski definition) is 1. The lowest BCUT2D eigenvalue weighted by Gasteiger charge is -2.13. The first-order valence-electron chi connectivity index (χ1n) is 6.23. The van der Waals surface area contributed by atoms with Crippen LogP contribution in [0, 0.1) is 34.6 Å². The van der Waals surface area contributed by atoms with Crippen LogP contribution in [-0.2, 0) is 6.42 Å². The molecule has 0 aliphatic rings. The Bertz CT molecular complexity index is 784. The van der Waals surface area contributed by atoms with Crippen molar-refractivity contribution < 1.29 is 22.3 Å². The monoisotopic (exact) mass is 310 g/mol. The summed E-state index contributed by atoms with van der Waals surface area (Å²) in [5.74, 6) is -6.15. The summed E-state index contributed by atoms with van der Waals surface area (Å²) in [7, 11) is 0. The van der Waals surface area contributed by atoms with Gasteiger partial charge in [-0.15, -0.1) is 0 Å². The predicted molar refractivity (Wildman–Crippen MR) is 71.3 cm³/mol. The molecule has 3 nitrogen and oxygen atoms in total. The molecule has 2 aromatic rings. The second kappa shape index (κ2) is 5.93. The van der Waals surface area contributed by atoms with E-state index in [0.29, 0.717) is 0 Å². The van der Waals surface area contributed by atoms with E-state index in [1.54, 1.807) is 6.07 Å². The lowest BCUT2D eigenvalue weighted by molar-refractivity contribution is 0.384. The van der Waals surface area contributed by atoms with Crippen molar-refractivity contribution in [2.45, 2.75) is 13.3 Å². The minimum absolute atomic E-state index is 0.0259. The van der Waals surface area contributed by atoms with Gasteiger partial charge in [-0.25, -0.2) is 13.2 Å². The highest BCUT2D eigenvalue weighted by Gasteiger charge is 2.24. The molecule has 0 bridgehead atoms. The molecule has 2 N–H and O–H groups in total. The molecular weight excluding hydrogens is 300 g/mol. The van der Waals surface area contributed by atoms with Gasteiger partial charge in [-0.3, -0.25) is 0 Å². The van der Waals surface area contributed by atoms with E-state index in [4.69, 9.17) is 15.7 Å². The third-order valence-electron chi connectivity index (χ3n) is 3.05. The minimum Gasteiger partial charge on any atom is -0.451 e. The standard InChI is InChI=1S/C15H10F4N2O/c1-2-9-11(17)15(13(19)12(18)14(9)21)22-8-3-4-10(16)7(5-8)6-20/h3-5H,2,21H2,1H3. The second-order valence-electron chi connectivity index (χ2n) is 4.37. The van der Waals surface area contributed by atoms with Crippen molar-refractivity contribution in [2.24, 2.45) is 0 Å². The molecule has 0 saturated heterocycles. The molecule has 7 heteroatoms. The number of nitrogens with two attached hydrogens (primary N) is 1. The van der Waals surface area contributed by atoms with Crippen molar-refractivity contribution in [1.82, 2.24) is 0 Å². The van der Waals surface area contributed by atoms with E-state index >= 15 is 0 Å². The van der Waals surface area contributed by atoms with Crippen molar-refractivity contribution in [3.05, 3.63) is 52.6 Å². The molecule has 0 aromatic heterocycles. The van der Waals surface area contributed by atoms with Crippen LogP contribution in [0.3, 0.4) is 0 Å². The first-order valence-corrected chi connectivity index (χ1v) is 6.23. The summed E-state index contributed by atoms with van der Waals surface area (Å²) >= 11 is 0. The number of benzene rings is 2. The van der Waals surface area contributed by atoms with Crippen LogP contribution in [0.15, 0.2) is 18.2 Å². The van der Waals surface area contributed by atoms with Crippen LogP contribution in [-0.4, -0.2) is 0 Å². The van der Waals surface area contributed by atoms with Crippen LogP contribution in [0.1, 0.15) is 18.1 Å². The summed E-state index contributed by atoms with van der Waals surface area (Å²) < 4.78 is 59.8. The smallest absolute Gasteiger partial charge is 0.206 e. The average Bonchev–Trinajstić information content (AvgIpc) is 2.51. The Labute approximate surface area is 123 Å². The van der Waals surface area contributed by atoms with Gasteiger partial charge >= 0.3 is 0 Å². The number of halogens is 4. The van der Waals surface area contributed by atoms with Crippen molar-refractivity contribution in [3.63, 3.8) is 0 Å². The van der Waals surface area contributed by atoms with Crippen LogP contribution in [0.2, 0.25) is 0 Å². The van der Waals surface area contributed by atoms with Crippen molar-refractivity contribution in [2.75, 3.05) is 5.73 Å². The van der Waals surface area contributed by atoms with Crippen LogP contribution in [0.4, 0.5) is 23.2 Å². The molecule has 0 atom stereocenters. The van der Waals surface area contributed by atoms with Crippen LogP contribution < -0.4 is 10.5 Å². The lowest BCUT2D eigenvalue weighted by atomic mass is 10.1. The molecule has 0 aliphatic heterocycles. The van der Waals surface area contributed by atoms with Gasteiger partial charge in [0.05, 0.1) is 11.3 Å². The Morgan fingerprint density at radius 1 is 1.14 bits per heavy atom. The first-order chi connectivity index (χ1) is 10.4. The number of nitriles is 1. The fourth-order valence-electron chi connectivity index (χ4n) is 1.91. The Morgan fingerprint density at radius 3 is 2.41 bits per heavy atom. The fourth-order valence-corrected chi connectivity index (χ4v) is 1.91. The summed E-state index contributed by atoms with van der Waals surface area (Å²) in [5, 5.41) is 8.71. The maximum absolute atomic E-state index is 14.2. The van der Waals surface area contributed by atoms with Crippen LogP contribution in [0.5, 0.6) is 11.5 Å². The maximum Gasteiger partial charge on any atom is 0.206 e. The zero-order valence-corrected chi connectivity index (χ0v) is 11.4. The van der Waals surface area contributed by atoms with Gasteiger partial charge in [0.2, 0.25) is 11.6 Å². The highest BCUT2D eigenvalue weighted by molar-refractivity contribution is 5.55. The second-order valence-corrected chi connectivity index (χ2v) is 4.37. The molecule has 0 spiro atoms. The number of ether oxygens (including phenoxy) is 1. The molecule has 0 heterocycles. The van der Waals surface area contributed by atoms with E-state index in [9.17, 15) is 17.6 Å². The van der Waals surface area contributed by atoms with E-state index in [-0.39, 0.29) is 23.3 Å². The SMILES string of the molecule is CCc1c(N)c(F)c(F)c(Oc2ccc(F)c(C#N)c2)c1F. The van der Waals surface area contributed by atoms with Gasteiger partial charge < -0.3 is 10.5 Å². The molecule has 0 unspecified atom stereocenters. The van der Waals surface area contributed by atoms with Gasteiger partial charge in [0.15, 0.2) is 11.6 Å². The zero-order chi connectivity index (χ0) is 16.4. The lowest BCUT2D eigenvalue weighted by Crippen LogP contribution is -2.07. The summed E-state index contributed by atoms with van der Waals surface area (Å²) in [5.41, 5.74) is 4.10. The topological polar surface area (TPSA) is 59.0 Å². The molecular formula is C15H10F4N2O. The van der Waals surface area contributed by atoms with Crippen molar-refractivity contribution >= 4 is 5.69 Å². The number of anilines is 1. The zero-order valence-electron chi connectivity index (χ0n) is 11.4. The summed E-state index contributed by atoms with van der Waals surface area (Å²) in [4.78, 5) is 0. The van der Waals surface area contributed by atoms with E-state index in [0.717, 1.165) is 18.2 Å². The largest absolute Gasteiger partial charge is 0.451 e. The quantitative estimate of drug-likeness (QED) is 0.528. The molecule has 22 heavy (non-hydrogen) atoms. The number of nitrogen functional groups attached to an aromatic ring is 1. The van der Waals surface area contributed by atoms with E-state index in [1.165, 1.54) is 6.92 Å². The molecule has 2 rings (SSSR count). The first kappa shape index (κ1) is 15.6. The molecule has 0 radical (unpaired) electrons. The highest BCUT2D eigenvalue weighted by atomic mass is 19.2.